The molecule has 1 nitrogen and oxygen atoms in total. The SMILES string of the molecule is CCCCCCc1cc(-c2ccc(C=Cc3ccc(C)cc3)cc2)sc1-c1ccc(-c2ccc(-c3sc(-c4ccc(CCOCC)s4)cc3CCCCCC)s2)s1. The Balaban J connectivity index is 1.12. The molecular weight excluding hydrogens is 789 g/mol. The number of rotatable bonds is 21. The van der Waals surface area contributed by atoms with Gasteiger partial charge >= 0.3 is 0 Å². The Morgan fingerprint density at radius 2 is 0.965 bits per heavy atom. The fourth-order valence-electron chi connectivity index (χ4n) is 7.17. The first-order valence-electron chi connectivity index (χ1n) is 21.0. The van der Waals surface area contributed by atoms with Gasteiger partial charge in [0.25, 0.3) is 0 Å². The summed E-state index contributed by atoms with van der Waals surface area (Å²) in [5.74, 6) is 0. The summed E-state index contributed by atoms with van der Waals surface area (Å²) in [7, 11) is 0. The predicted molar refractivity (Wildman–Crippen MR) is 259 cm³/mol. The van der Waals surface area contributed by atoms with Crippen molar-refractivity contribution in [2.45, 2.75) is 98.3 Å². The van der Waals surface area contributed by atoms with Gasteiger partial charge in [-0.15, -0.1) is 56.7 Å². The van der Waals surface area contributed by atoms with Crippen molar-refractivity contribution in [3.8, 4) is 49.5 Å². The van der Waals surface area contributed by atoms with E-state index in [1.54, 1.807) is 0 Å². The van der Waals surface area contributed by atoms with E-state index >= 15 is 0 Å². The third-order valence-corrected chi connectivity index (χ3v) is 16.9. The molecule has 0 unspecified atom stereocenters. The summed E-state index contributed by atoms with van der Waals surface area (Å²) in [6.45, 7) is 10.4. The van der Waals surface area contributed by atoms with E-state index in [0.29, 0.717) is 0 Å². The van der Waals surface area contributed by atoms with Crippen molar-refractivity contribution in [1.82, 2.24) is 0 Å². The highest BCUT2D eigenvalue weighted by Crippen LogP contribution is 2.48. The standard InChI is InChI=1S/C51H56OS5/c1-5-8-10-12-14-40-34-48(39-24-22-38(23-25-39)21-20-37-18-16-36(4)17-19-37)56-50(40)46-30-28-43(54-46)44-29-31-47(55-44)51-41(15-13-11-9-6-2)35-49(57-51)45-27-26-42(53-45)32-33-52-7-3/h16-31,34-35H,5-15,32-33H2,1-4H3. The van der Waals surface area contributed by atoms with Crippen LogP contribution in [0.2, 0.25) is 0 Å². The molecule has 0 bridgehead atoms. The van der Waals surface area contributed by atoms with Gasteiger partial charge in [0.1, 0.15) is 0 Å². The lowest BCUT2D eigenvalue weighted by molar-refractivity contribution is 0.151. The molecule has 5 aromatic heterocycles. The highest BCUT2D eigenvalue weighted by atomic mass is 32.1. The lowest BCUT2D eigenvalue weighted by Crippen LogP contribution is -1.95. The van der Waals surface area contributed by atoms with E-state index in [2.05, 4.69) is 137 Å². The topological polar surface area (TPSA) is 9.23 Å². The fraction of sp³-hybridized carbons (Fsp3) is 0.333. The molecule has 0 radical (unpaired) electrons. The number of ether oxygens (including phenoxy) is 1. The predicted octanol–water partition coefficient (Wildman–Crippen LogP) is 17.6. The third kappa shape index (κ3) is 11.2. The van der Waals surface area contributed by atoms with Crippen LogP contribution in [0.25, 0.3) is 61.6 Å². The van der Waals surface area contributed by atoms with Crippen molar-refractivity contribution in [3.63, 3.8) is 0 Å². The van der Waals surface area contributed by atoms with Crippen LogP contribution >= 0.6 is 56.7 Å². The highest BCUT2D eigenvalue weighted by Gasteiger charge is 2.19. The summed E-state index contributed by atoms with van der Waals surface area (Å²) in [6.07, 6.45) is 18.0. The zero-order chi connectivity index (χ0) is 39.4. The Bertz CT molecular complexity index is 2300. The van der Waals surface area contributed by atoms with Crippen LogP contribution in [0, 0.1) is 6.92 Å². The molecule has 57 heavy (non-hydrogen) atoms. The molecule has 0 saturated heterocycles. The molecule has 7 aromatic rings. The van der Waals surface area contributed by atoms with Crippen LogP contribution in [-0.2, 0) is 24.0 Å². The molecule has 0 fully saturated rings. The van der Waals surface area contributed by atoms with Gasteiger partial charge in [0.15, 0.2) is 0 Å². The molecule has 296 valence electrons. The van der Waals surface area contributed by atoms with Gasteiger partial charge < -0.3 is 4.74 Å². The Morgan fingerprint density at radius 1 is 0.456 bits per heavy atom. The van der Waals surface area contributed by atoms with Crippen molar-refractivity contribution >= 4 is 68.8 Å². The summed E-state index contributed by atoms with van der Waals surface area (Å²) in [6, 6.07) is 36.9. The molecule has 0 spiro atoms. The highest BCUT2D eigenvalue weighted by molar-refractivity contribution is 7.30. The van der Waals surface area contributed by atoms with Crippen LogP contribution in [-0.4, -0.2) is 13.2 Å². The zero-order valence-corrected chi connectivity index (χ0v) is 38.1. The van der Waals surface area contributed by atoms with Crippen LogP contribution in [0.4, 0.5) is 0 Å². The number of hydrogen-bond acceptors (Lipinski definition) is 6. The second-order valence-corrected chi connectivity index (χ2v) is 20.4. The van der Waals surface area contributed by atoms with Crippen LogP contribution in [0.5, 0.6) is 0 Å². The van der Waals surface area contributed by atoms with Crippen molar-refractivity contribution in [1.29, 1.82) is 0 Å². The van der Waals surface area contributed by atoms with Crippen LogP contribution in [0.3, 0.4) is 0 Å². The second kappa shape index (κ2) is 21.1. The molecule has 0 amide bonds. The summed E-state index contributed by atoms with van der Waals surface area (Å²) in [5, 5.41) is 0. The minimum atomic E-state index is 0.780. The van der Waals surface area contributed by atoms with Gasteiger partial charge in [-0.3, -0.25) is 0 Å². The van der Waals surface area contributed by atoms with E-state index in [1.165, 1.54) is 134 Å². The summed E-state index contributed by atoms with van der Waals surface area (Å²) in [5.41, 5.74) is 8.07. The summed E-state index contributed by atoms with van der Waals surface area (Å²) < 4.78 is 5.65. The molecule has 0 aliphatic heterocycles. The minimum Gasteiger partial charge on any atom is -0.381 e. The van der Waals surface area contributed by atoms with Gasteiger partial charge in [-0.25, -0.2) is 0 Å². The van der Waals surface area contributed by atoms with Crippen LogP contribution < -0.4 is 0 Å². The van der Waals surface area contributed by atoms with E-state index in [1.807, 2.05) is 56.7 Å². The van der Waals surface area contributed by atoms with Gasteiger partial charge in [0, 0.05) is 61.8 Å². The summed E-state index contributed by atoms with van der Waals surface area (Å²) >= 11 is 9.82. The number of thiophene rings is 5. The Hall–Kier alpha value is -3.36. The lowest BCUT2D eigenvalue weighted by atomic mass is 10.0. The quantitative estimate of drug-likeness (QED) is 0.0517. The Kier molecular flexibility index (Phi) is 15.4. The normalized spacial score (nSPS) is 11.7. The van der Waals surface area contributed by atoms with Crippen molar-refractivity contribution in [2.75, 3.05) is 13.2 Å². The Morgan fingerprint density at radius 3 is 1.54 bits per heavy atom. The molecule has 7 rings (SSSR count). The molecule has 2 aromatic carbocycles. The molecule has 0 N–H and O–H groups in total. The van der Waals surface area contributed by atoms with Crippen molar-refractivity contribution in [3.05, 3.63) is 130 Å². The largest absolute Gasteiger partial charge is 0.381 e. The van der Waals surface area contributed by atoms with E-state index < -0.39 is 0 Å². The third-order valence-electron chi connectivity index (χ3n) is 10.5. The molecule has 0 atom stereocenters. The zero-order valence-electron chi connectivity index (χ0n) is 34.0. The summed E-state index contributed by atoms with van der Waals surface area (Å²) in [4.78, 5) is 14.0. The number of benzene rings is 2. The van der Waals surface area contributed by atoms with E-state index in [9.17, 15) is 0 Å². The van der Waals surface area contributed by atoms with Crippen LogP contribution in [0.15, 0.2) is 97.1 Å². The first kappa shape index (κ1) is 41.8. The molecule has 6 heteroatoms. The van der Waals surface area contributed by atoms with E-state index in [0.717, 1.165) is 32.5 Å². The first-order chi connectivity index (χ1) is 28.0. The molecule has 0 aliphatic carbocycles. The second-order valence-electron chi connectivity index (χ2n) is 15.0. The number of aryl methyl sites for hydroxylation is 3. The average molecular weight is 845 g/mol. The lowest BCUT2D eigenvalue weighted by Gasteiger charge is -2.02. The van der Waals surface area contributed by atoms with Gasteiger partial charge in [-0.1, -0.05) is 119 Å². The molecule has 0 aliphatic rings. The average Bonchev–Trinajstić information content (AvgIpc) is 4.08. The molecule has 5 heterocycles. The smallest absolute Gasteiger partial charge is 0.0514 e. The van der Waals surface area contributed by atoms with Crippen molar-refractivity contribution < 1.29 is 4.74 Å². The van der Waals surface area contributed by atoms with E-state index in [4.69, 9.17) is 4.74 Å². The molecular formula is C51H56OS5. The van der Waals surface area contributed by atoms with Gasteiger partial charge in [0.05, 0.1) is 6.61 Å². The Labute approximate surface area is 361 Å². The van der Waals surface area contributed by atoms with E-state index in [-0.39, 0.29) is 0 Å². The maximum absolute atomic E-state index is 5.65. The molecule has 0 saturated carbocycles. The number of unbranched alkanes of at least 4 members (excludes halogenated alkanes) is 6. The van der Waals surface area contributed by atoms with Gasteiger partial charge in [0.2, 0.25) is 0 Å². The number of hydrogen-bond donors (Lipinski definition) is 0. The monoisotopic (exact) mass is 844 g/mol. The fourth-order valence-corrected chi connectivity index (χ4v) is 13.1. The van der Waals surface area contributed by atoms with Crippen molar-refractivity contribution in [2.24, 2.45) is 0 Å². The maximum atomic E-state index is 5.65. The van der Waals surface area contributed by atoms with Gasteiger partial charge in [-0.2, -0.15) is 0 Å². The minimum absolute atomic E-state index is 0.780. The van der Waals surface area contributed by atoms with Crippen LogP contribution in [0.1, 0.15) is 105 Å². The first-order valence-corrected chi connectivity index (χ1v) is 25.1. The van der Waals surface area contributed by atoms with Gasteiger partial charge in [-0.05, 0) is 116 Å². The maximum Gasteiger partial charge on any atom is 0.0514 e.